The Hall–Kier alpha value is -2.96. The maximum atomic E-state index is 13.2. The Labute approximate surface area is 389 Å². The van der Waals surface area contributed by atoms with Gasteiger partial charge in [0.15, 0.2) is 0 Å². The van der Waals surface area contributed by atoms with E-state index >= 15 is 0 Å². The Bertz CT molecular complexity index is 1210. The van der Waals surface area contributed by atoms with Crippen molar-refractivity contribution in [3.8, 4) is 0 Å². The lowest BCUT2D eigenvalue weighted by Crippen LogP contribution is -2.46. The maximum Gasteiger partial charge on any atom is 0.306 e. The van der Waals surface area contributed by atoms with Gasteiger partial charge in [0.2, 0.25) is 5.91 Å². The summed E-state index contributed by atoms with van der Waals surface area (Å²) in [4.78, 5) is 26.1. The monoisotopic (exact) mass is 878 g/mol. The Morgan fingerprint density at radius 2 is 0.905 bits per heavy atom. The van der Waals surface area contributed by atoms with E-state index in [0.717, 1.165) is 89.9 Å². The molecule has 0 aliphatic heterocycles. The third kappa shape index (κ3) is 45.4. The highest BCUT2D eigenvalue weighted by molar-refractivity contribution is 5.77. The predicted octanol–water partition coefficient (Wildman–Crippen LogP) is 16.0. The molecule has 0 aromatic heterocycles. The molecule has 3 N–H and O–H groups in total. The van der Waals surface area contributed by atoms with Gasteiger partial charge in [0.05, 0.1) is 25.2 Å². The number of ether oxygens (including phenoxy) is 1. The fourth-order valence-corrected chi connectivity index (χ4v) is 7.52. The van der Waals surface area contributed by atoms with Gasteiger partial charge in [0.25, 0.3) is 0 Å². The van der Waals surface area contributed by atoms with E-state index in [0.29, 0.717) is 25.7 Å². The van der Waals surface area contributed by atoms with Crippen LogP contribution in [0.2, 0.25) is 0 Å². The Morgan fingerprint density at radius 1 is 0.492 bits per heavy atom. The van der Waals surface area contributed by atoms with Gasteiger partial charge in [-0.25, -0.2) is 0 Å². The topological polar surface area (TPSA) is 95.9 Å². The van der Waals surface area contributed by atoms with E-state index in [1.54, 1.807) is 0 Å². The normalized spacial score (nSPS) is 13.9. The smallest absolute Gasteiger partial charge is 0.306 e. The molecule has 6 nitrogen and oxygen atoms in total. The van der Waals surface area contributed by atoms with Gasteiger partial charge in [-0.05, 0) is 89.9 Å². The van der Waals surface area contributed by atoms with Crippen LogP contribution in [0.5, 0.6) is 0 Å². The van der Waals surface area contributed by atoms with Crippen molar-refractivity contribution < 1.29 is 24.5 Å². The van der Waals surface area contributed by atoms with E-state index in [2.05, 4.69) is 111 Å². The predicted molar refractivity (Wildman–Crippen MR) is 273 cm³/mol. The molecule has 0 aromatic carbocycles. The van der Waals surface area contributed by atoms with Crippen LogP contribution in [0.1, 0.15) is 239 Å². The molecule has 0 aromatic rings. The number of esters is 1. The average Bonchev–Trinajstić information content (AvgIpc) is 3.28. The maximum absolute atomic E-state index is 13.2. The van der Waals surface area contributed by atoms with E-state index in [4.69, 9.17) is 4.74 Å². The van der Waals surface area contributed by atoms with E-state index in [1.807, 2.05) is 0 Å². The van der Waals surface area contributed by atoms with E-state index in [9.17, 15) is 19.8 Å². The zero-order valence-electron chi connectivity index (χ0n) is 41.2. The molecular formula is C57H99NO5. The molecular weight excluding hydrogens is 779 g/mol. The molecule has 6 heteroatoms. The third-order valence-corrected chi connectivity index (χ3v) is 11.5. The SMILES string of the molecule is CC/C=C\C/C=C\C/C=C\C/C=C\C/C=C\CCCC(=O)OC(CCCCC/C=C/C=C/CCCCCCCCC)CC(=O)NC(CO)C(O)CCCCCCCCCCCCC. The van der Waals surface area contributed by atoms with Crippen molar-refractivity contribution in [2.24, 2.45) is 0 Å². The summed E-state index contributed by atoms with van der Waals surface area (Å²) in [6.45, 7) is 6.33. The zero-order valence-corrected chi connectivity index (χ0v) is 41.2. The Morgan fingerprint density at radius 3 is 1.40 bits per heavy atom. The van der Waals surface area contributed by atoms with Gasteiger partial charge in [-0.1, -0.05) is 221 Å². The van der Waals surface area contributed by atoms with Crippen molar-refractivity contribution in [2.45, 2.75) is 257 Å². The van der Waals surface area contributed by atoms with Crippen LogP contribution in [0, 0.1) is 0 Å². The molecule has 362 valence electrons. The van der Waals surface area contributed by atoms with Crippen LogP contribution in [-0.4, -0.2) is 46.9 Å². The number of carbonyl (C=O) groups is 2. The molecule has 0 bridgehead atoms. The summed E-state index contributed by atoms with van der Waals surface area (Å²) in [5.41, 5.74) is 0. The van der Waals surface area contributed by atoms with Crippen LogP contribution in [-0.2, 0) is 14.3 Å². The molecule has 3 unspecified atom stereocenters. The van der Waals surface area contributed by atoms with Crippen LogP contribution in [0.3, 0.4) is 0 Å². The largest absolute Gasteiger partial charge is 0.462 e. The molecule has 63 heavy (non-hydrogen) atoms. The fourth-order valence-electron chi connectivity index (χ4n) is 7.52. The van der Waals surface area contributed by atoms with Crippen molar-refractivity contribution >= 4 is 11.9 Å². The van der Waals surface area contributed by atoms with Crippen LogP contribution in [0.15, 0.2) is 85.1 Å². The molecule has 1 amide bonds. The highest BCUT2D eigenvalue weighted by Gasteiger charge is 2.24. The molecule has 0 aliphatic rings. The molecule has 0 radical (unpaired) electrons. The summed E-state index contributed by atoms with van der Waals surface area (Å²) in [5.74, 6) is -0.573. The second kappa shape index (κ2) is 50.0. The molecule has 0 rings (SSSR count). The number of allylic oxidation sites excluding steroid dienone is 14. The Balaban J connectivity index is 4.75. The van der Waals surface area contributed by atoms with Crippen LogP contribution in [0.4, 0.5) is 0 Å². The van der Waals surface area contributed by atoms with Gasteiger partial charge in [0.1, 0.15) is 6.10 Å². The van der Waals surface area contributed by atoms with Crippen molar-refractivity contribution in [1.82, 2.24) is 5.32 Å². The van der Waals surface area contributed by atoms with E-state index in [1.165, 1.54) is 96.3 Å². The van der Waals surface area contributed by atoms with Crippen molar-refractivity contribution in [1.29, 1.82) is 0 Å². The summed E-state index contributed by atoms with van der Waals surface area (Å²) < 4.78 is 5.90. The fraction of sp³-hybridized carbons (Fsp3) is 0.719. The molecule has 0 saturated heterocycles. The van der Waals surface area contributed by atoms with Crippen LogP contribution < -0.4 is 5.32 Å². The minimum atomic E-state index is -0.808. The molecule has 0 saturated carbocycles. The van der Waals surface area contributed by atoms with Crippen LogP contribution >= 0.6 is 0 Å². The standard InChI is InChI=1S/C57H99NO5/c1-4-7-10-13-16-19-22-24-26-28-30-32-35-38-41-44-47-50-57(62)63-53(48-45-42-39-36-34-31-29-27-25-23-20-17-14-11-8-5-2)51-56(61)58-54(52-59)55(60)49-46-43-40-37-33-21-18-15-12-9-6-3/h7,10,16,19,24,26-27,29-32,34,38,41,53-55,59-60H,4-6,8-9,11-15,17-18,20-23,25,28,33,35-37,39-40,42-52H2,1-3H3,(H,58,61)/b10-7-,19-16-,26-24-,29-27+,32-30-,34-31+,41-38-. The van der Waals surface area contributed by atoms with Gasteiger partial charge >= 0.3 is 5.97 Å². The summed E-state index contributed by atoms with van der Waals surface area (Å²) in [5, 5.41) is 23.7. The molecule has 0 spiro atoms. The highest BCUT2D eigenvalue weighted by Crippen LogP contribution is 2.17. The summed E-state index contributed by atoms with van der Waals surface area (Å²) >= 11 is 0. The second-order valence-electron chi connectivity index (χ2n) is 17.6. The zero-order chi connectivity index (χ0) is 45.9. The van der Waals surface area contributed by atoms with Gasteiger partial charge in [-0.2, -0.15) is 0 Å². The number of amides is 1. The first-order valence-corrected chi connectivity index (χ1v) is 26.3. The first-order valence-electron chi connectivity index (χ1n) is 26.3. The number of rotatable bonds is 46. The van der Waals surface area contributed by atoms with Gasteiger partial charge in [-0.15, -0.1) is 0 Å². The molecule has 0 aliphatic carbocycles. The van der Waals surface area contributed by atoms with Crippen molar-refractivity contribution in [3.63, 3.8) is 0 Å². The van der Waals surface area contributed by atoms with Gasteiger partial charge in [0, 0.05) is 6.42 Å². The van der Waals surface area contributed by atoms with Crippen molar-refractivity contribution in [2.75, 3.05) is 6.61 Å². The molecule has 3 atom stereocenters. The lowest BCUT2D eigenvalue weighted by Gasteiger charge is -2.24. The van der Waals surface area contributed by atoms with Gasteiger partial charge < -0.3 is 20.3 Å². The Kier molecular flexibility index (Phi) is 47.7. The first kappa shape index (κ1) is 60.0. The number of aliphatic hydroxyl groups is 2. The minimum absolute atomic E-state index is 0.0333. The lowest BCUT2D eigenvalue weighted by atomic mass is 10.0. The lowest BCUT2D eigenvalue weighted by molar-refractivity contribution is -0.151. The number of hydrogen-bond donors (Lipinski definition) is 3. The number of hydrogen-bond acceptors (Lipinski definition) is 5. The molecule has 0 heterocycles. The highest BCUT2D eigenvalue weighted by atomic mass is 16.5. The second-order valence-corrected chi connectivity index (χ2v) is 17.6. The minimum Gasteiger partial charge on any atom is -0.462 e. The summed E-state index contributed by atoms with van der Waals surface area (Å²) in [6, 6.07) is -0.725. The number of nitrogens with one attached hydrogen (secondary N) is 1. The van der Waals surface area contributed by atoms with Crippen molar-refractivity contribution in [3.05, 3.63) is 85.1 Å². The quantitative estimate of drug-likeness (QED) is 0.0245. The first-order chi connectivity index (χ1) is 31.0. The summed E-state index contributed by atoms with van der Waals surface area (Å²) in [6.07, 6.45) is 65.0. The summed E-state index contributed by atoms with van der Waals surface area (Å²) in [7, 11) is 0. The van der Waals surface area contributed by atoms with E-state index < -0.39 is 18.2 Å². The number of unbranched alkanes of at least 4 members (excludes halogenated alkanes) is 21. The third-order valence-electron chi connectivity index (χ3n) is 11.5. The number of aliphatic hydroxyl groups excluding tert-OH is 2. The molecule has 0 fully saturated rings. The van der Waals surface area contributed by atoms with E-state index in [-0.39, 0.29) is 24.9 Å². The average molecular weight is 878 g/mol. The van der Waals surface area contributed by atoms with Crippen LogP contribution in [0.25, 0.3) is 0 Å². The number of carbonyl (C=O) groups excluding carboxylic acids is 2. The van der Waals surface area contributed by atoms with Gasteiger partial charge in [-0.3, -0.25) is 9.59 Å².